The zero-order chi connectivity index (χ0) is 31.8. The second kappa shape index (κ2) is 13.1. The Kier molecular flexibility index (Phi) is 9.66. The maximum atomic E-state index is 14.1. The van der Waals surface area contributed by atoms with E-state index in [1.807, 2.05) is 13.8 Å². The minimum Gasteiger partial charge on any atom is -0.495 e. The molecule has 2 aromatic carbocycles. The molecule has 2 bridgehead atoms. The van der Waals surface area contributed by atoms with Gasteiger partial charge in [0.1, 0.15) is 11.9 Å². The second-order valence-corrected chi connectivity index (χ2v) is 14.1. The molecule has 1 aliphatic carbocycles. The van der Waals surface area contributed by atoms with Crippen molar-refractivity contribution in [3.63, 3.8) is 0 Å². The summed E-state index contributed by atoms with van der Waals surface area (Å²) in [5, 5.41) is 14.1. The quantitative estimate of drug-likeness (QED) is 0.298. The number of sulfonamides is 1. The summed E-state index contributed by atoms with van der Waals surface area (Å²) in [5.41, 5.74) is 6.42. The SMILES string of the molecule is COc1cc(S(=O)(=O)N(CC(C)C)C[C@@H](O)[C@H](Cc2ccc(F)c(F)c2)NC(=O)OC2C3COC4OCC2C4C3)ccc1N. The lowest BCUT2D eigenvalue weighted by Crippen LogP contribution is -2.52. The molecule has 14 heteroatoms. The smallest absolute Gasteiger partial charge is 0.407 e. The number of halogens is 2. The zero-order valence-electron chi connectivity index (χ0n) is 24.8. The number of anilines is 1. The van der Waals surface area contributed by atoms with Crippen molar-refractivity contribution in [2.24, 2.45) is 23.7 Å². The third kappa shape index (κ3) is 6.79. The van der Waals surface area contributed by atoms with E-state index < -0.39 is 52.5 Å². The third-order valence-electron chi connectivity index (χ3n) is 8.54. The van der Waals surface area contributed by atoms with Gasteiger partial charge in [0, 0.05) is 36.9 Å². The third-order valence-corrected chi connectivity index (χ3v) is 10.4. The Morgan fingerprint density at radius 3 is 2.57 bits per heavy atom. The van der Waals surface area contributed by atoms with Crippen molar-refractivity contribution >= 4 is 21.8 Å². The van der Waals surface area contributed by atoms with Gasteiger partial charge in [0.15, 0.2) is 17.9 Å². The standard InChI is InChI=1S/C30H39F2N3O8S/c1-16(2)12-35(44(38,39)19-5-7-24(33)27(11-19)40-3)13-26(36)25(9-17-4-6-22(31)23(32)8-17)34-30(37)43-28-18-10-20-21(28)15-42-29(20)41-14-18/h4-8,11,16,18,20-21,25-26,28-29,36H,9-10,12-15,33H2,1-3H3,(H,34,37)/t18?,20?,21?,25-,26+,28?,29?/m0/s1. The summed E-state index contributed by atoms with van der Waals surface area (Å²) in [5.74, 6) is -1.96. The number of hydrogen-bond acceptors (Lipinski definition) is 9. The Hall–Kier alpha value is -3.04. The minimum atomic E-state index is -4.17. The van der Waals surface area contributed by atoms with E-state index in [2.05, 4.69) is 5.32 Å². The number of methoxy groups -OCH3 is 1. The Morgan fingerprint density at radius 1 is 1.11 bits per heavy atom. The highest BCUT2D eigenvalue weighted by Gasteiger charge is 2.56. The summed E-state index contributed by atoms with van der Waals surface area (Å²) in [6, 6.07) is 6.20. The van der Waals surface area contributed by atoms with Crippen molar-refractivity contribution < 1.29 is 46.0 Å². The van der Waals surface area contributed by atoms with Crippen molar-refractivity contribution in [3.05, 3.63) is 53.6 Å². The fourth-order valence-electron chi connectivity index (χ4n) is 6.38. The number of aliphatic hydroxyl groups is 1. The van der Waals surface area contributed by atoms with Gasteiger partial charge in [-0.25, -0.2) is 22.0 Å². The largest absolute Gasteiger partial charge is 0.495 e. The number of nitrogen functional groups attached to an aromatic ring is 1. The summed E-state index contributed by atoms with van der Waals surface area (Å²) in [6.45, 7) is 4.08. The van der Waals surface area contributed by atoms with Gasteiger partial charge in [-0.3, -0.25) is 0 Å². The first kappa shape index (κ1) is 32.4. The zero-order valence-corrected chi connectivity index (χ0v) is 25.6. The molecule has 1 saturated carbocycles. The van der Waals surface area contributed by atoms with Crippen LogP contribution in [-0.2, 0) is 30.7 Å². The second-order valence-electron chi connectivity index (χ2n) is 12.1. The molecular formula is C30H39F2N3O8S. The van der Waals surface area contributed by atoms with Crippen LogP contribution in [0.1, 0.15) is 25.8 Å². The molecule has 2 aliphatic heterocycles. The number of ether oxygens (including phenoxy) is 4. The van der Waals surface area contributed by atoms with Gasteiger partial charge < -0.3 is 35.1 Å². The first-order chi connectivity index (χ1) is 20.9. The number of carbonyl (C=O) groups excluding carboxylic acids is 1. The molecule has 1 amide bonds. The van der Waals surface area contributed by atoms with Crippen LogP contribution in [0.25, 0.3) is 0 Å². The molecule has 0 radical (unpaired) electrons. The summed E-state index contributed by atoms with van der Waals surface area (Å²) in [7, 11) is -2.80. The Bertz CT molecular complexity index is 1460. The molecule has 0 aromatic heterocycles. The maximum Gasteiger partial charge on any atom is 0.407 e. The van der Waals surface area contributed by atoms with Gasteiger partial charge in [-0.1, -0.05) is 19.9 Å². The number of amides is 1. The molecule has 3 aliphatic rings. The molecule has 4 N–H and O–H groups in total. The lowest BCUT2D eigenvalue weighted by Gasteiger charge is -2.31. The number of hydrogen-bond donors (Lipinski definition) is 3. The molecule has 3 fully saturated rings. The number of benzene rings is 2. The van der Waals surface area contributed by atoms with Crippen molar-refractivity contribution in [2.75, 3.05) is 39.1 Å². The predicted molar refractivity (Wildman–Crippen MR) is 155 cm³/mol. The Balaban J connectivity index is 1.37. The highest BCUT2D eigenvalue weighted by atomic mass is 32.2. The molecule has 2 heterocycles. The highest BCUT2D eigenvalue weighted by Crippen LogP contribution is 2.49. The monoisotopic (exact) mass is 639 g/mol. The van der Waals surface area contributed by atoms with Gasteiger partial charge in [0.2, 0.25) is 10.0 Å². The first-order valence-corrected chi connectivity index (χ1v) is 16.1. The first-order valence-electron chi connectivity index (χ1n) is 14.6. The number of carbonyl (C=O) groups is 1. The van der Waals surface area contributed by atoms with E-state index in [1.165, 1.54) is 31.4 Å². The number of nitrogens with two attached hydrogens (primary N) is 1. The number of fused-ring (bicyclic) bond motifs is 1. The maximum absolute atomic E-state index is 14.1. The molecule has 5 unspecified atom stereocenters. The Labute approximate surface area is 255 Å². The van der Waals surface area contributed by atoms with Crippen LogP contribution in [0.15, 0.2) is 41.3 Å². The van der Waals surface area contributed by atoms with Crippen LogP contribution in [0.2, 0.25) is 0 Å². The van der Waals surface area contributed by atoms with E-state index in [0.29, 0.717) is 13.2 Å². The molecule has 5 rings (SSSR count). The minimum absolute atomic E-state index is 0.00837. The van der Waals surface area contributed by atoms with Gasteiger partial charge in [-0.2, -0.15) is 4.31 Å². The van der Waals surface area contributed by atoms with E-state index in [-0.39, 0.29) is 64.8 Å². The van der Waals surface area contributed by atoms with Gasteiger partial charge in [0.05, 0.1) is 43.1 Å². The van der Waals surface area contributed by atoms with Crippen molar-refractivity contribution in [2.45, 2.75) is 56.1 Å². The molecule has 2 aromatic rings. The van der Waals surface area contributed by atoms with Crippen LogP contribution in [0.3, 0.4) is 0 Å². The molecule has 0 spiro atoms. The Morgan fingerprint density at radius 2 is 1.86 bits per heavy atom. The van der Waals surface area contributed by atoms with Crippen LogP contribution in [0, 0.1) is 35.3 Å². The summed E-state index contributed by atoms with van der Waals surface area (Å²) >= 11 is 0. The van der Waals surface area contributed by atoms with Crippen LogP contribution in [-0.4, -0.2) is 81.9 Å². The van der Waals surface area contributed by atoms with Crippen molar-refractivity contribution in [3.8, 4) is 5.75 Å². The molecule has 2 saturated heterocycles. The van der Waals surface area contributed by atoms with Crippen LogP contribution >= 0.6 is 0 Å². The van der Waals surface area contributed by atoms with E-state index in [1.54, 1.807) is 0 Å². The number of nitrogens with one attached hydrogen (secondary N) is 1. The lowest BCUT2D eigenvalue weighted by molar-refractivity contribution is -0.169. The number of aliphatic hydroxyl groups excluding tert-OH is 1. The van der Waals surface area contributed by atoms with Crippen molar-refractivity contribution in [1.82, 2.24) is 9.62 Å². The van der Waals surface area contributed by atoms with Crippen molar-refractivity contribution in [1.29, 1.82) is 0 Å². The normalized spacial score (nSPS) is 25.7. The predicted octanol–water partition coefficient (Wildman–Crippen LogP) is 2.91. The lowest BCUT2D eigenvalue weighted by atomic mass is 9.98. The number of nitrogens with zero attached hydrogens (tertiary/aromatic N) is 1. The van der Waals surface area contributed by atoms with E-state index >= 15 is 0 Å². The van der Waals surface area contributed by atoms with Crippen LogP contribution < -0.4 is 15.8 Å². The highest BCUT2D eigenvalue weighted by molar-refractivity contribution is 7.89. The van der Waals surface area contributed by atoms with Gasteiger partial charge in [-0.05, 0) is 48.6 Å². The fourth-order valence-corrected chi connectivity index (χ4v) is 8.01. The van der Waals surface area contributed by atoms with Gasteiger partial charge >= 0.3 is 6.09 Å². The summed E-state index contributed by atoms with van der Waals surface area (Å²) < 4.78 is 78.9. The molecule has 44 heavy (non-hydrogen) atoms. The molecule has 7 atom stereocenters. The number of alkyl carbamates (subject to hydrolysis) is 1. The number of rotatable bonds is 12. The summed E-state index contributed by atoms with van der Waals surface area (Å²) in [4.78, 5) is 13.2. The molecule has 11 nitrogen and oxygen atoms in total. The van der Waals surface area contributed by atoms with Gasteiger partial charge in [0.25, 0.3) is 0 Å². The average molecular weight is 640 g/mol. The van der Waals surface area contributed by atoms with Crippen LogP contribution in [0.4, 0.5) is 19.3 Å². The van der Waals surface area contributed by atoms with E-state index in [4.69, 9.17) is 24.7 Å². The topological polar surface area (TPSA) is 150 Å². The van der Waals surface area contributed by atoms with Crippen LogP contribution in [0.5, 0.6) is 5.75 Å². The van der Waals surface area contributed by atoms with E-state index in [9.17, 15) is 27.1 Å². The molecular weight excluding hydrogens is 600 g/mol. The van der Waals surface area contributed by atoms with Gasteiger partial charge in [-0.15, -0.1) is 0 Å². The fraction of sp³-hybridized carbons (Fsp3) is 0.567. The average Bonchev–Trinajstić information content (AvgIpc) is 3.50. The summed E-state index contributed by atoms with van der Waals surface area (Å²) in [6.07, 6.45) is -2.36. The van der Waals surface area contributed by atoms with E-state index in [0.717, 1.165) is 22.9 Å². The molecule has 242 valence electrons.